The van der Waals surface area contributed by atoms with Crippen LogP contribution in [-0.4, -0.2) is 13.0 Å². The van der Waals surface area contributed by atoms with Gasteiger partial charge in [-0.05, 0) is 23.8 Å². The SMILES string of the molecule is CN(C(=O)CCc1ccco1)c1ccccc1CN. The van der Waals surface area contributed by atoms with Crippen molar-refractivity contribution in [3.8, 4) is 0 Å². The molecule has 2 aromatic rings. The minimum atomic E-state index is 0.0531. The average Bonchev–Trinajstić information content (AvgIpc) is 2.97. The highest BCUT2D eigenvalue weighted by molar-refractivity contribution is 5.93. The van der Waals surface area contributed by atoms with Gasteiger partial charge >= 0.3 is 0 Å². The summed E-state index contributed by atoms with van der Waals surface area (Å²) in [6, 6.07) is 11.4. The summed E-state index contributed by atoms with van der Waals surface area (Å²) in [6.45, 7) is 0.423. The van der Waals surface area contributed by atoms with E-state index in [1.807, 2.05) is 36.4 Å². The number of carbonyl (C=O) groups is 1. The van der Waals surface area contributed by atoms with Crippen LogP contribution in [0.2, 0.25) is 0 Å². The number of anilines is 1. The summed E-state index contributed by atoms with van der Waals surface area (Å²) in [5, 5.41) is 0. The predicted molar refractivity (Wildman–Crippen MR) is 74.8 cm³/mol. The normalized spacial score (nSPS) is 10.4. The van der Waals surface area contributed by atoms with Crippen LogP contribution in [0.1, 0.15) is 17.7 Å². The van der Waals surface area contributed by atoms with Crippen molar-refractivity contribution in [3.63, 3.8) is 0 Å². The molecule has 0 aliphatic rings. The molecule has 4 heteroatoms. The Bertz CT molecular complexity index is 535. The Hall–Kier alpha value is -2.07. The number of para-hydroxylation sites is 1. The van der Waals surface area contributed by atoms with Gasteiger partial charge in [0.25, 0.3) is 0 Å². The first kappa shape index (κ1) is 13.4. The Labute approximate surface area is 112 Å². The number of nitrogens with two attached hydrogens (primary N) is 1. The molecule has 4 nitrogen and oxygen atoms in total. The number of rotatable bonds is 5. The molecule has 1 aromatic heterocycles. The van der Waals surface area contributed by atoms with Crippen LogP contribution in [-0.2, 0) is 17.8 Å². The summed E-state index contributed by atoms with van der Waals surface area (Å²) >= 11 is 0. The maximum Gasteiger partial charge on any atom is 0.227 e. The van der Waals surface area contributed by atoms with Crippen LogP contribution in [0.15, 0.2) is 47.1 Å². The van der Waals surface area contributed by atoms with Crippen LogP contribution in [0.4, 0.5) is 5.69 Å². The summed E-state index contributed by atoms with van der Waals surface area (Å²) in [7, 11) is 1.78. The van der Waals surface area contributed by atoms with Crippen LogP contribution < -0.4 is 10.6 Å². The lowest BCUT2D eigenvalue weighted by Gasteiger charge is -2.20. The van der Waals surface area contributed by atoms with Crippen molar-refractivity contribution in [3.05, 3.63) is 54.0 Å². The molecule has 0 spiro atoms. The van der Waals surface area contributed by atoms with Gasteiger partial charge in [-0.1, -0.05) is 18.2 Å². The molecule has 1 amide bonds. The molecule has 0 atom stereocenters. The Morgan fingerprint density at radius 3 is 2.74 bits per heavy atom. The number of benzene rings is 1. The molecule has 2 rings (SSSR count). The minimum absolute atomic E-state index is 0.0531. The quantitative estimate of drug-likeness (QED) is 0.895. The van der Waals surface area contributed by atoms with Crippen molar-refractivity contribution < 1.29 is 9.21 Å². The first-order valence-electron chi connectivity index (χ1n) is 6.29. The molecule has 0 aliphatic carbocycles. The zero-order chi connectivity index (χ0) is 13.7. The van der Waals surface area contributed by atoms with Crippen LogP contribution in [0.25, 0.3) is 0 Å². The number of furan rings is 1. The maximum absolute atomic E-state index is 12.2. The average molecular weight is 258 g/mol. The van der Waals surface area contributed by atoms with Gasteiger partial charge in [0.1, 0.15) is 5.76 Å². The smallest absolute Gasteiger partial charge is 0.227 e. The van der Waals surface area contributed by atoms with E-state index >= 15 is 0 Å². The number of amides is 1. The van der Waals surface area contributed by atoms with Gasteiger partial charge in [0.05, 0.1) is 6.26 Å². The number of nitrogens with zero attached hydrogens (tertiary/aromatic N) is 1. The first-order chi connectivity index (χ1) is 9.22. The van der Waals surface area contributed by atoms with E-state index in [0.29, 0.717) is 19.4 Å². The van der Waals surface area contributed by atoms with Crippen LogP contribution in [0.5, 0.6) is 0 Å². The Kier molecular flexibility index (Phi) is 4.36. The molecule has 0 fully saturated rings. The van der Waals surface area contributed by atoms with Gasteiger partial charge in [0.2, 0.25) is 5.91 Å². The van der Waals surface area contributed by atoms with Crippen LogP contribution in [0, 0.1) is 0 Å². The second-order valence-electron chi connectivity index (χ2n) is 4.36. The molecule has 2 N–H and O–H groups in total. The van der Waals surface area contributed by atoms with Gasteiger partial charge in [-0.3, -0.25) is 4.79 Å². The third kappa shape index (κ3) is 3.23. The van der Waals surface area contributed by atoms with E-state index in [4.69, 9.17) is 10.2 Å². The third-order valence-electron chi connectivity index (χ3n) is 3.11. The number of carbonyl (C=O) groups excluding carboxylic acids is 1. The van der Waals surface area contributed by atoms with Gasteiger partial charge in [-0.2, -0.15) is 0 Å². The fraction of sp³-hybridized carbons (Fsp3) is 0.267. The molecule has 0 radical (unpaired) electrons. The zero-order valence-corrected chi connectivity index (χ0v) is 11.0. The molecule has 100 valence electrons. The summed E-state index contributed by atoms with van der Waals surface area (Å²) < 4.78 is 5.22. The van der Waals surface area contributed by atoms with Crippen molar-refractivity contribution >= 4 is 11.6 Å². The Morgan fingerprint density at radius 2 is 2.05 bits per heavy atom. The fourth-order valence-corrected chi connectivity index (χ4v) is 2.00. The van der Waals surface area contributed by atoms with E-state index in [-0.39, 0.29) is 5.91 Å². The minimum Gasteiger partial charge on any atom is -0.469 e. The number of hydrogen-bond donors (Lipinski definition) is 1. The van der Waals surface area contributed by atoms with E-state index < -0.39 is 0 Å². The third-order valence-corrected chi connectivity index (χ3v) is 3.11. The van der Waals surface area contributed by atoms with Gasteiger partial charge in [-0.25, -0.2) is 0 Å². The highest BCUT2D eigenvalue weighted by Gasteiger charge is 2.13. The molecular weight excluding hydrogens is 240 g/mol. The fourth-order valence-electron chi connectivity index (χ4n) is 2.00. The highest BCUT2D eigenvalue weighted by atomic mass is 16.3. The van der Waals surface area contributed by atoms with E-state index in [0.717, 1.165) is 17.0 Å². The lowest BCUT2D eigenvalue weighted by molar-refractivity contribution is -0.118. The topological polar surface area (TPSA) is 59.5 Å². The van der Waals surface area contributed by atoms with E-state index in [1.54, 1.807) is 18.2 Å². The highest BCUT2D eigenvalue weighted by Crippen LogP contribution is 2.19. The number of aryl methyl sites for hydroxylation is 1. The molecule has 0 unspecified atom stereocenters. The van der Waals surface area contributed by atoms with E-state index in [2.05, 4.69) is 0 Å². The van der Waals surface area contributed by atoms with Crippen molar-refractivity contribution in [1.82, 2.24) is 0 Å². The largest absolute Gasteiger partial charge is 0.469 e. The molecule has 19 heavy (non-hydrogen) atoms. The lowest BCUT2D eigenvalue weighted by atomic mass is 10.1. The van der Waals surface area contributed by atoms with Crippen molar-refractivity contribution in [2.24, 2.45) is 5.73 Å². The van der Waals surface area contributed by atoms with E-state index in [1.165, 1.54) is 0 Å². The maximum atomic E-state index is 12.2. The monoisotopic (exact) mass is 258 g/mol. The summed E-state index contributed by atoms with van der Waals surface area (Å²) in [5.74, 6) is 0.881. The summed E-state index contributed by atoms with van der Waals surface area (Å²) in [4.78, 5) is 13.8. The predicted octanol–water partition coefficient (Wildman–Crippen LogP) is 2.33. The van der Waals surface area contributed by atoms with Gasteiger partial charge in [-0.15, -0.1) is 0 Å². The number of hydrogen-bond acceptors (Lipinski definition) is 3. The Balaban J connectivity index is 2.02. The lowest BCUT2D eigenvalue weighted by Crippen LogP contribution is -2.27. The molecule has 0 aliphatic heterocycles. The van der Waals surface area contributed by atoms with Crippen LogP contribution >= 0.6 is 0 Å². The van der Waals surface area contributed by atoms with Crippen molar-refractivity contribution in [1.29, 1.82) is 0 Å². The second kappa shape index (κ2) is 6.20. The van der Waals surface area contributed by atoms with Crippen molar-refractivity contribution in [2.45, 2.75) is 19.4 Å². The molecule has 1 heterocycles. The van der Waals surface area contributed by atoms with Gasteiger partial charge in [0, 0.05) is 32.1 Å². The standard InChI is InChI=1S/C15H18N2O2/c1-17(14-7-3-2-5-12(14)11-16)15(18)9-8-13-6-4-10-19-13/h2-7,10H,8-9,11,16H2,1H3. The van der Waals surface area contributed by atoms with Gasteiger partial charge < -0.3 is 15.1 Å². The van der Waals surface area contributed by atoms with Crippen molar-refractivity contribution in [2.75, 3.05) is 11.9 Å². The second-order valence-corrected chi connectivity index (χ2v) is 4.36. The molecule has 0 saturated heterocycles. The van der Waals surface area contributed by atoms with Gasteiger partial charge in [0.15, 0.2) is 0 Å². The molecule has 0 saturated carbocycles. The first-order valence-corrected chi connectivity index (χ1v) is 6.29. The zero-order valence-electron chi connectivity index (χ0n) is 11.0. The Morgan fingerprint density at radius 1 is 1.26 bits per heavy atom. The summed E-state index contributed by atoms with van der Waals surface area (Å²) in [5.41, 5.74) is 7.53. The molecular formula is C15H18N2O2. The summed E-state index contributed by atoms with van der Waals surface area (Å²) in [6.07, 6.45) is 2.65. The van der Waals surface area contributed by atoms with Crippen LogP contribution in [0.3, 0.4) is 0 Å². The molecule has 1 aromatic carbocycles. The molecule has 0 bridgehead atoms. The van der Waals surface area contributed by atoms with E-state index in [9.17, 15) is 4.79 Å².